The topological polar surface area (TPSA) is 99.8 Å². The number of benzene rings is 2. The predicted molar refractivity (Wildman–Crippen MR) is 137 cm³/mol. The number of H-pyrrole nitrogens is 1. The van der Waals surface area contributed by atoms with Gasteiger partial charge in [0.25, 0.3) is 5.91 Å². The zero-order valence-corrected chi connectivity index (χ0v) is 19.3. The average Bonchev–Trinajstić information content (AvgIpc) is 3.41. The minimum absolute atomic E-state index is 0.126. The van der Waals surface area contributed by atoms with E-state index in [1.165, 1.54) is 6.42 Å². The van der Waals surface area contributed by atoms with Crippen molar-refractivity contribution in [3.63, 3.8) is 0 Å². The number of rotatable bonds is 6. The maximum Gasteiger partial charge on any atom is 0.274 e. The lowest BCUT2D eigenvalue weighted by Crippen LogP contribution is -2.24. The molecule has 2 amide bonds. The molecule has 0 atom stereocenters. The van der Waals surface area contributed by atoms with Crippen LogP contribution in [0.5, 0.6) is 0 Å². The number of hydrogen-bond acceptors (Lipinski definition) is 4. The lowest BCUT2D eigenvalue weighted by atomic mass is 9.88. The summed E-state index contributed by atoms with van der Waals surface area (Å²) >= 11 is 0. The van der Waals surface area contributed by atoms with Crippen molar-refractivity contribution in [3.8, 4) is 22.6 Å². The van der Waals surface area contributed by atoms with Crippen LogP contribution >= 0.6 is 0 Å². The van der Waals surface area contributed by atoms with Gasteiger partial charge in [-0.1, -0.05) is 37.5 Å². The van der Waals surface area contributed by atoms with Crippen molar-refractivity contribution in [2.75, 3.05) is 10.6 Å². The number of imidazole rings is 1. The molecule has 176 valence electrons. The average molecular weight is 466 g/mol. The molecule has 1 aliphatic rings. The van der Waals surface area contributed by atoms with E-state index < -0.39 is 0 Å². The molecule has 1 fully saturated rings. The number of nitrogens with one attached hydrogen (secondary N) is 3. The fraction of sp³-hybridized carbons (Fsp3) is 0.214. The number of pyridine rings is 1. The van der Waals surface area contributed by atoms with Gasteiger partial charge in [0.15, 0.2) is 0 Å². The molecule has 35 heavy (non-hydrogen) atoms. The number of carbonyl (C=O) groups is 2. The van der Waals surface area contributed by atoms with E-state index in [0.29, 0.717) is 11.4 Å². The first-order chi connectivity index (χ1) is 17.2. The molecule has 7 nitrogen and oxygen atoms in total. The number of carbonyl (C=O) groups excluding carboxylic acids is 2. The van der Waals surface area contributed by atoms with Crippen molar-refractivity contribution in [2.24, 2.45) is 5.92 Å². The van der Waals surface area contributed by atoms with Crippen LogP contribution in [0.4, 0.5) is 11.4 Å². The van der Waals surface area contributed by atoms with Crippen molar-refractivity contribution in [1.82, 2.24) is 15.0 Å². The van der Waals surface area contributed by atoms with Crippen LogP contribution in [0.3, 0.4) is 0 Å². The minimum atomic E-state index is -0.253. The van der Waals surface area contributed by atoms with Crippen LogP contribution in [-0.2, 0) is 4.79 Å². The van der Waals surface area contributed by atoms with Crippen LogP contribution in [0.25, 0.3) is 22.6 Å². The van der Waals surface area contributed by atoms with Crippen molar-refractivity contribution >= 4 is 23.2 Å². The molecule has 3 N–H and O–H groups in total. The summed E-state index contributed by atoms with van der Waals surface area (Å²) in [6.07, 6.45) is 8.87. The van der Waals surface area contributed by atoms with E-state index in [1.54, 1.807) is 30.6 Å². The molecule has 1 saturated carbocycles. The van der Waals surface area contributed by atoms with Crippen LogP contribution in [0.1, 0.15) is 42.6 Å². The normalized spacial score (nSPS) is 13.8. The largest absolute Gasteiger partial charge is 0.338 e. The third-order valence-corrected chi connectivity index (χ3v) is 6.33. The molecule has 0 unspecified atom stereocenters. The zero-order chi connectivity index (χ0) is 24.0. The maximum atomic E-state index is 12.5. The van der Waals surface area contributed by atoms with Gasteiger partial charge in [-0.15, -0.1) is 0 Å². The second-order valence-electron chi connectivity index (χ2n) is 8.79. The number of aromatic amines is 1. The first kappa shape index (κ1) is 22.5. The van der Waals surface area contributed by atoms with Gasteiger partial charge in [-0.3, -0.25) is 14.6 Å². The summed E-state index contributed by atoms with van der Waals surface area (Å²) in [4.78, 5) is 36.7. The molecular weight excluding hydrogens is 438 g/mol. The highest BCUT2D eigenvalue weighted by atomic mass is 16.2. The summed E-state index contributed by atoms with van der Waals surface area (Å²) in [5.41, 5.74) is 4.64. The summed E-state index contributed by atoms with van der Waals surface area (Å²) in [6, 6.07) is 20.5. The molecule has 0 saturated heterocycles. The summed E-state index contributed by atoms with van der Waals surface area (Å²) in [5.74, 6) is 0.739. The fourth-order valence-corrected chi connectivity index (χ4v) is 4.36. The molecular formula is C28H27N5O2. The van der Waals surface area contributed by atoms with Crippen molar-refractivity contribution in [2.45, 2.75) is 32.1 Å². The molecule has 0 bridgehead atoms. The highest BCUT2D eigenvalue weighted by Gasteiger charge is 2.21. The SMILES string of the molecule is O=C(Nc1ccc(-c2ncc(-c3ccc(NC(=O)C4CCCCC4)cc3)[nH]2)cc1)c1ccccn1. The Bertz CT molecular complexity index is 1290. The van der Waals surface area contributed by atoms with Gasteiger partial charge in [0.2, 0.25) is 5.91 Å². The molecule has 0 spiro atoms. The lowest BCUT2D eigenvalue weighted by Gasteiger charge is -2.20. The molecule has 2 aromatic carbocycles. The first-order valence-corrected chi connectivity index (χ1v) is 11.9. The third kappa shape index (κ3) is 5.46. The van der Waals surface area contributed by atoms with E-state index in [9.17, 15) is 9.59 Å². The maximum absolute atomic E-state index is 12.5. The van der Waals surface area contributed by atoms with Crippen molar-refractivity contribution in [3.05, 3.63) is 84.8 Å². The Kier molecular flexibility index (Phi) is 6.66. The molecule has 0 radical (unpaired) electrons. The highest BCUT2D eigenvalue weighted by molar-refractivity contribution is 6.02. The van der Waals surface area contributed by atoms with Crippen LogP contribution in [0.15, 0.2) is 79.1 Å². The molecule has 7 heteroatoms. The Hall–Kier alpha value is -4.26. The summed E-state index contributed by atoms with van der Waals surface area (Å²) < 4.78 is 0. The first-order valence-electron chi connectivity index (χ1n) is 11.9. The van der Waals surface area contributed by atoms with Gasteiger partial charge in [0.05, 0.1) is 11.9 Å². The Morgan fingerprint density at radius 1 is 0.771 bits per heavy atom. The van der Waals surface area contributed by atoms with Gasteiger partial charge in [0.1, 0.15) is 11.5 Å². The van der Waals surface area contributed by atoms with Crippen LogP contribution in [0, 0.1) is 5.92 Å². The smallest absolute Gasteiger partial charge is 0.274 e. The molecule has 4 aromatic rings. The second-order valence-corrected chi connectivity index (χ2v) is 8.79. The molecule has 2 aromatic heterocycles. The monoisotopic (exact) mass is 465 g/mol. The number of aromatic nitrogens is 3. The molecule has 0 aliphatic heterocycles. The third-order valence-electron chi connectivity index (χ3n) is 6.33. The quantitative estimate of drug-likeness (QED) is 0.330. The lowest BCUT2D eigenvalue weighted by molar-refractivity contribution is -0.120. The van der Waals surface area contributed by atoms with Gasteiger partial charge in [-0.25, -0.2) is 4.98 Å². The fourth-order valence-electron chi connectivity index (χ4n) is 4.36. The Labute approximate surface area is 204 Å². The van der Waals surface area contributed by atoms with E-state index in [4.69, 9.17) is 0 Å². The van der Waals surface area contributed by atoms with Crippen LogP contribution in [0.2, 0.25) is 0 Å². The molecule has 2 heterocycles. The van der Waals surface area contributed by atoms with E-state index >= 15 is 0 Å². The Morgan fingerprint density at radius 3 is 2.14 bits per heavy atom. The number of anilines is 2. The minimum Gasteiger partial charge on any atom is -0.338 e. The van der Waals surface area contributed by atoms with E-state index in [0.717, 1.165) is 54.0 Å². The van der Waals surface area contributed by atoms with Gasteiger partial charge >= 0.3 is 0 Å². The van der Waals surface area contributed by atoms with Crippen LogP contribution < -0.4 is 10.6 Å². The summed E-state index contributed by atoms with van der Waals surface area (Å²) in [7, 11) is 0. The van der Waals surface area contributed by atoms with E-state index in [-0.39, 0.29) is 17.7 Å². The molecule has 5 rings (SSSR count). The number of nitrogens with zero attached hydrogens (tertiary/aromatic N) is 2. The summed E-state index contributed by atoms with van der Waals surface area (Å²) in [5, 5.41) is 5.90. The zero-order valence-electron chi connectivity index (χ0n) is 19.3. The Morgan fingerprint density at radius 2 is 1.46 bits per heavy atom. The van der Waals surface area contributed by atoms with Gasteiger partial charge < -0.3 is 15.6 Å². The van der Waals surface area contributed by atoms with Gasteiger partial charge in [-0.2, -0.15) is 0 Å². The van der Waals surface area contributed by atoms with Crippen LogP contribution in [-0.4, -0.2) is 26.8 Å². The molecule has 1 aliphatic carbocycles. The second kappa shape index (κ2) is 10.3. The predicted octanol–water partition coefficient (Wildman–Crippen LogP) is 5.91. The summed E-state index contributed by atoms with van der Waals surface area (Å²) in [6.45, 7) is 0. The van der Waals surface area contributed by atoms with Crippen molar-refractivity contribution < 1.29 is 9.59 Å². The highest BCUT2D eigenvalue weighted by Crippen LogP contribution is 2.27. The van der Waals surface area contributed by atoms with E-state index in [2.05, 4.69) is 25.6 Å². The standard InChI is InChI=1S/C28H27N5O2/c34-27(21-6-2-1-3-7-21)31-22-13-9-19(10-14-22)25-18-30-26(33-25)20-11-15-23(16-12-20)32-28(35)24-8-4-5-17-29-24/h4-5,8-18,21H,1-3,6-7H2,(H,30,33)(H,31,34)(H,32,35). The number of amides is 2. The van der Waals surface area contributed by atoms with Gasteiger partial charge in [0, 0.05) is 29.1 Å². The van der Waals surface area contributed by atoms with Gasteiger partial charge in [-0.05, 0) is 66.9 Å². The van der Waals surface area contributed by atoms with E-state index in [1.807, 2.05) is 48.5 Å². The number of hydrogen-bond donors (Lipinski definition) is 3. The van der Waals surface area contributed by atoms with Crippen molar-refractivity contribution in [1.29, 1.82) is 0 Å². The Balaban J connectivity index is 1.21.